The molecule has 1 aliphatic heterocycles. The molecule has 1 aliphatic rings. The van der Waals surface area contributed by atoms with Crippen LogP contribution in [0.4, 0.5) is 0 Å². The van der Waals surface area contributed by atoms with Crippen LogP contribution in [-0.2, 0) is 29.0 Å². The standard InChI is InChI=1S/C15H19N5O2/c1-22-10-12-7-19(9-14-17-11-18-20(14)8-12)15(21)6-13-4-2-3-5-16-13/h2-5,11-12H,6-10H2,1H3. The summed E-state index contributed by atoms with van der Waals surface area (Å²) in [6.45, 7) is 2.43. The Morgan fingerprint density at radius 3 is 3.05 bits per heavy atom. The van der Waals surface area contributed by atoms with Crippen LogP contribution in [0.2, 0.25) is 0 Å². The second kappa shape index (κ2) is 6.65. The van der Waals surface area contributed by atoms with Crippen molar-refractivity contribution in [3.8, 4) is 0 Å². The van der Waals surface area contributed by atoms with Crippen molar-refractivity contribution in [2.45, 2.75) is 19.5 Å². The zero-order valence-electron chi connectivity index (χ0n) is 12.6. The van der Waals surface area contributed by atoms with Gasteiger partial charge in [-0.2, -0.15) is 5.10 Å². The Balaban J connectivity index is 1.75. The minimum atomic E-state index is 0.0521. The summed E-state index contributed by atoms with van der Waals surface area (Å²) in [7, 11) is 1.67. The minimum absolute atomic E-state index is 0.0521. The molecule has 2 aromatic heterocycles. The molecule has 2 aromatic rings. The van der Waals surface area contributed by atoms with Crippen LogP contribution in [0.3, 0.4) is 0 Å². The highest BCUT2D eigenvalue weighted by molar-refractivity contribution is 5.78. The van der Waals surface area contributed by atoms with Crippen molar-refractivity contribution in [1.29, 1.82) is 0 Å². The predicted molar refractivity (Wildman–Crippen MR) is 78.7 cm³/mol. The molecular formula is C15H19N5O2. The number of nitrogens with zero attached hydrogens (tertiary/aromatic N) is 5. The van der Waals surface area contributed by atoms with E-state index >= 15 is 0 Å². The topological polar surface area (TPSA) is 73.1 Å². The van der Waals surface area contributed by atoms with E-state index in [1.165, 1.54) is 6.33 Å². The smallest absolute Gasteiger partial charge is 0.229 e. The number of ether oxygens (including phenoxy) is 1. The third kappa shape index (κ3) is 3.30. The number of amides is 1. The molecule has 0 saturated carbocycles. The van der Waals surface area contributed by atoms with Crippen LogP contribution in [0, 0.1) is 5.92 Å². The summed E-state index contributed by atoms with van der Waals surface area (Å²) in [5, 5.41) is 4.23. The van der Waals surface area contributed by atoms with Gasteiger partial charge in [0.15, 0.2) is 0 Å². The molecule has 116 valence electrons. The predicted octanol–water partition coefficient (Wildman–Crippen LogP) is 0.521. The summed E-state index contributed by atoms with van der Waals surface area (Å²) in [4.78, 5) is 22.9. The number of rotatable bonds is 4. The first-order valence-corrected chi connectivity index (χ1v) is 7.29. The third-order valence-electron chi connectivity index (χ3n) is 3.75. The molecule has 0 radical (unpaired) electrons. The van der Waals surface area contributed by atoms with Crippen LogP contribution in [0.15, 0.2) is 30.7 Å². The van der Waals surface area contributed by atoms with Gasteiger partial charge in [-0.1, -0.05) is 6.07 Å². The van der Waals surface area contributed by atoms with E-state index in [2.05, 4.69) is 15.1 Å². The summed E-state index contributed by atoms with van der Waals surface area (Å²) >= 11 is 0. The van der Waals surface area contributed by atoms with Gasteiger partial charge in [-0.05, 0) is 12.1 Å². The molecule has 0 fully saturated rings. The highest BCUT2D eigenvalue weighted by Crippen LogP contribution is 2.15. The molecule has 0 aliphatic carbocycles. The van der Waals surface area contributed by atoms with Crippen LogP contribution >= 0.6 is 0 Å². The van der Waals surface area contributed by atoms with Gasteiger partial charge in [-0.25, -0.2) is 9.67 Å². The average Bonchev–Trinajstić information content (AvgIpc) is 2.87. The SMILES string of the molecule is COCC1CN(C(=O)Cc2ccccn2)Cc2ncnn2C1. The Hall–Kier alpha value is -2.28. The second-order valence-electron chi connectivity index (χ2n) is 5.45. The Morgan fingerprint density at radius 1 is 1.36 bits per heavy atom. The Morgan fingerprint density at radius 2 is 2.27 bits per heavy atom. The highest BCUT2D eigenvalue weighted by atomic mass is 16.5. The van der Waals surface area contributed by atoms with Gasteiger partial charge in [-0.3, -0.25) is 9.78 Å². The maximum Gasteiger partial charge on any atom is 0.229 e. The van der Waals surface area contributed by atoms with Crippen LogP contribution in [0.5, 0.6) is 0 Å². The maximum absolute atomic E-state index is 12.6. The van der Waals surface area contributed by atoms with Gasteiger partial charge in [0.2, 0.25) is 5.91 Å². The molecule has 0 N–H and O–H groups in total. The highest BCUT2D eigenvalue weighted by Gasteiger charge is 2.26. The van der Waals surface area contributed by atoms with E-state index in [1.807, 2.05) is 27.8 Å². The molecule has 7 heteroatoms. The number of aromatic nitrogens is 4. The largest absolute Gasteiger partial charge is 0.384 e. The number of carbonyl (C=O) groups excluding carboxylic acids is 1. The van der Waals surface area contributed by atoms with E-state index in [4.69, 9.17) is 4.74 Å². The van der Waals surface area contributed by atoms with Crippen molar-refractivity contribution >= 4 is 5.91 Å². The Kier molecular flexibility index (Phi) is 4.43. The lowest BCUT2D eigenvalue weighted by molar-refractivity contribution is -0.132. The number of methoxy groups -OCH3 is 1. The minimum Gasteiger partial charge on any atom is -0.384 e. The molecular weight excluding hydrogens is 282 g/mol. The summed E-state index contributed by atoms with van der Waals surface area (Å²) in [6.07, 6.45) is 3.54. The quantitative estimate of drug-likeness (QED) is 0.823. The first kappa shape index (κ1) is 14.6. The van der Waals surface area contributed by atoms with Crippen LogP contribution in [-0.4, -0.2) is 50.8 Å². The van der Waals surface area contributed by atoms with E-state index in [0.29, 0.717) is 26.1 Å². The molecule has 0 bridgehead atoms. The number of hydrogen-bond acceptors (Lipinski definition) is 5. The lowest BCUT2D eigenvalue weighted by Gasteiger charge is -2.23. The van der Waals surface area contributed by atoms with Gasteiger partial charge in [-0.15, -0.1) is 0 Å². The van der Waals surface area contributed by atoms with Crippen LogP contribution in [0.1, 0.15) is 11.5 Å². The molecule has 0 saturated heterocycles. The second-order valence-corrected chi connectivity index (χ2v) is 5.45. The van der Waals surface area contributed by atoms with Crippen molar-refractivity contribution in [3.63, 3.8) is 0 Å². The van der Waals surface area contributed by atoms with Crippen molar-refractivity contribution in [1.82, 2.24) is 24.6 Å². The van der Waals surface area contributed by atoms with Crippen molar-refractivity contribution in [3.05, 3.63) is 42.2 Å². The van der Waals surface area contributed by atoms with Crippen molar-refractivity contribution < 1.29 is 9.53 Å². The van der Waals surface area contributed by atoms with E-state index in [0.717, 1.165) is 18.1 Å². The molecule has 7 nitrogen and oxygen atoms in total. The monoisotopic (exact) mass is 301 g/mol. The number of carbonyl (C=O) groups is 1. The summed E-state index contributed by atoms with van der Waals surface area (Å²) in [5.41, 5.74) is 0.779. The van der Waals surface area contributed by atoms with E-state index in [-0.39, 0.29) is 11.8 Å². The molecule has 1 amide bonds. The third-order valence-corrected chi connectivity index (χ3v) is 3.75. The molecule has 3 rings (SSSR count). The average molecular weight is 301 g/mol. The number of pyridine rings is 1. The first-order valence-electron chi connectivity index (χ1n) is 7.29. The Bertz CT molecular complexity index is 628. The molecule has 1 atom stereocenters. The van der Waals surface area contributed by atoms with Crippen LogP contribution in [0.25, 0.3) is 0 Å². The van der Waals surface area contributed by atoms with Crippen LogP contribution < -0.4 is 0 Å². The molecule has 0 spiro atoms. The molecule has 1 unspecified atom stereocenters. The number of hydrogen-bond donors (Lipinski definition) is 0. The first-order chi connectivity index (χ1) is 10.8. The van der Waals surface area contributed by atoms with E-state index < -0.39 is 0 Å². The molecule has 22 heavy (non-hydrogen) atoms. The zero-order chi connectivity index (χ0) is 15.4. The summed E-state index contributed by atoms with van der Waals surface area (Å²) < 4.78 is 7.12. The molecule has 0 aromatic carbocycles. The fourth-order valence-electron chi connectivity index (χ4n) is 2.71. The fraction of sp³-hybridized carbons (Fsp3) is 0.467. The normalized spacial score (nSPS) is 17.9. The van der Waals surface area contributed by atoms with Gasteiger partial charge >= 0.3 is 0 Å². The summed E-state index contributed by atoms with van der Waals surface area (Å²) in [6, 6.07) is 5.60. The van der Waals surface area contributed by atoms with Gasteiger partial charge in [0.1, 0.15) is 12.2 Å². The van der Waals surface area contributed by atoms with Crippen molar-refractivity contribution in [2.75, 3.05) is 20.3 Å². The van der Waals surface area contributed by atoms with Gasteiger partial charge < -0.3 is 9.64 Å². The van der Waals surface area contributed by atoms with Gasteiger partial charge in [0.25, 0.3) is 0 Å². The Labute approximate surface area is 128 Å². The maximum atomic E-state index is 12.6. The van der Waals surface area contributed by atoms with Crippen molar-refractivity contribution in [2.24, 2.45) is 5.92 Å². The fourth-order valence-corrected chi connectivity index (χ4v) is 2.71. The lowest BCUT2D eigenvalue weighted by atomic mass is 10.1. The van der Waals surface area contributed by atoms with Gasteiger partial charge in [0.05, 0.1) is 19.6 Å². The lowest BCUT2D eigenvalue weighted by Crippen LogP contribution is -2.36. The number of fused-ring (bicyclic) bond motifs is 1. The van der Waals surface area contributed by atoms with E-state index in [9.17, 15) is 4.79 Å². The van der Waals surface area contributed by atoms with E-state index in [1.54, 1.807) is 13.3 Å². The molecule has 3 heterocycles. The van der Waals surface area contributed by atoms with Gasteiger partial charge in [0, 0.05) is 38.0 Å². The zero-order valence-corrected chi connectivity index (χ0v) is 12.6. The summed E-state index contributed by atoms with van der Waals surface area (Å²) in [5.74, 6) is 1.07.